The first kappa shape index (κ1) is 16.7. The van der Waals surface area contributed by atoms with Crippen molar-refractivity contribution in [3.63, 3.8) is 0 Å². The molecule has 1 aliphatic carbocycles. The molecule has 4 heterocycles. The summed E-state index contributed by atoms with van der Waals surface area (Å²) in [5.41, 5.74) is 2.02. The van der Waals surface area contributed by atoms with Gasteiger partial charge in [-0.3, -0.25) is 14.6 Å². The molecule has 0 atom stereocenters. The van der Waals surface area contributed by atoms with E-state index >= 15 is 0 Å². The Bertz CT molecular complexity index is 927. The second kappa shape index (κ2) is 6.94. The van der Waals surface area contributed by atoms with Crippen LogP contribution in [0, 0.1) is 0 Å². The molecule has 0 radical (unpaired) electrons. The Balaban J connectivity index is 1.38. The van der Waals surface area contributed by atoms with Crippen LogP contribution in [-0.4, -0.2) is 57.9 Å². The van der Waals surface area contributed by atoms with E-state index in [9.17, 15) is 4.79 Å². The molecule has 2 aliphatic rings. The maximum Gasteiger partial charge on any atom is 0.215 e. The van der Waals surface area contributed by atoms with Gasteiger partial charge in [0.05, 0.1) is 5.69 Å². The van der Waals surface area contributed by atoms with Crippen molar-refractivity contribution in [2.24, 2.45) is 0 Å². The minimum absolute atomic E-state index is 0.312. The first-order valence-electron chi connectivity index (χ1n) is 9.40. The van der Waals surface area contributed by atoms with Gasteiger partial charge in [0, 0.05) is 67.5 Å². The van der Waals surface area contributed by atoms with E-state index in [0.717, 1.165) is 68.8 Å². The molecule has 7 nitrogen and oxygen atoms in total. The van der Waals surface area contributed by atoms with E-state index in [-0.39, 0.29) is 0 Å². The number of hydrogen-bond donors (Lipinski definition) is 1. The Hall–Kier alpha value is -2.45. The number of aromatic amines is 1. The molecule has 0 unspecified atom stereocenters. The molecule has 1 saturated carbocycles. The zero-order chi connectivity index (χ0) is 18.2. The third-order valence-corrected chi connectivity index (χ3v) is 6.12. The number of carbonyl (C=O) groups excluding carboxylic acids is 1. The van der Waals surface area contributed by atoms with E-state index in [4.69, 9.17) is 0 Å². The van der Waals surface area contributed by atoms with Crippen molar-refractivity contribution in [3.05, 3.63) is 35.5 Å². The third kappa shape index (κ3) is 3.30. The summed E-state index contributed by atoms with van der Waals surface area (Å²) in [6.45, 7) is 4.93. The molecule has 1 amide bonds. The lowest BCUT2D eigenvalue weighted by Gasteiger charge is -2.36. The maximum absolute atomic E-state index is 11.6. The summed E-state index contributed by atoms with van der Waals surface area (Å²) in [5.74, 6) is 0.754. The molecule has 3 aromatic heterocycles. The third-order valence-electron chi connectivity index (χ3n) is 5.40. The number of fused-ring (bicyclic) bond motifs is 1. The Morgan fingerprint density at radius 1 is 1.26 bits per heavy atom. The van der Waals surface area contributed by atoms with Crippen LogP contribution < -0.4 is 9.80 Å². The number of hydrogen-bond acceptors (Lipinski definition) is 6. The van der Waals surface area contributed by atoms with Gasteiger partial charge in [-0.15, -0.1) is 0 Å². The SMILES string of the molecule is O=CN(c1cc(N2CCN(Cc3ccns3)CC2)c2cc[nH]c2n1)C1CC1. The normalized spacial score (nSPS) is 18.1. The van der Waals surface area contributed by atoms with Crippen molar-refractivity contribution in [2.45, 2.75) is 25.4 Å². The second-order valence-corrected chi connectivity index (χ2v) is 8.14. The van der Waals surface area contributed by atoms with E-state index in [1.165, 1.54) is 10.6 Å². The first-order chi connectivity index (χ1) is 13.3. The molecular weight excluding hydrogens is 360 g/mol. The van der Waals surface area contributed by atoms with Gasteiger partial charge < -0.3 is 9.88 Å². The van der Waals surface area contributed by atoms with E-state index in [1.54, 1.807) is 16.4 Å². The molecule has 1 saturated heterocycles. The van der Waals surface area contributed by atoms with Crippen molar-refractivity contribution in [1.29, 1.82) is 0 Å². The number of H-pyrrole nitrogens is 1. The molecule has 0 aromatic carbocycles. The monoisotopic (exact) mass is 382 g/mol. The van der Waals surface area contributed by atoms with Gasteiger partial charge in [0.2, 0.25) is 6.41 Å². The standard InChI is InChI=1S/C19H22N6OS/c26-13-25(14-1-2-14)18-11-17(16-4-5-20-19(16)22-18)24-9-7-23(8-10-24)12-15-3-6-21-27-15/h3-6,11,13-14H,1-2,7-10,12H2,(H,20,22). The number of nitrogens with zero attached hydrogens (tertiary/aromatic N) is 5. The highest BCUT2D eigenvalue weighted by atomic mass is 32.1. The average molecular weight is 382 g/mol. The zero-order valence-electron chi connectivity index (χ0n) is 15.0. The lowest BCUT2D eigenvalue weighted by Crippen LogP contribution is -2.46. The van der Waals surface area contributed by atoms with Crippen LogP contribution in [0.15, 0.2) is 30.6 Å². The minimum Gasteiger partial charge on any atom is -0.368 e. The van der Waals surface area contributed by atoms with Gasteiger partial charge in [-0.2, -0.15) is 0 Å². The zero-order valence-corrected chi connectivity index (χ0v) is 15.9. The number of rotatable bonds is 6. The van der Waals surface area contributed by atoms with Crippen molar-refractivity contribution in [1.82, 2.24) is 19.2 Å². The molecule has 5 rings (SSSR count). The van der Waals surface area contributed by atoms with Gasteiger partial charge in [-0.05, 0) is 36.5 Å². The second-order valence-electron chi connectivity index (χ2n) is 7.23. The van der Waals surface area contributed by atoms with Gasteiger partial charge >= 0.3 is 0 Å². The van der Waals surface area contributed by atoms with E-state index in [2.05, 4.69) is 42.3 Å². The number of carbonyl (C=O) groups is 1. The molecule has 8 heteroatoms. The first-order valence-corrected chi connectivity index (χ1v) is 10.2. The fraction of sp³-hybridized carbons (Fsp3) is 0.421. The van der Waals surface area contributed by atoms with Crippen LogP contribution in [0.25, 0.3) is 11.0 Å². The summed E-state index contributed by atoms with van der Waals surface area (Å²) in [6, 6.07) is 6.57. The van der Waals surface area contributed by atoms with Gasteiger partial charge in [0.15, 0.2) is 0 Å². The van der Waals surface area contributed by atoms with E-state index < -0.39 is 0 Å². The van der Waals surface area contributed by atoms with Crippen LogP contribution in [0.3, 0.4) is 0 Å². The highest BCUT2D eigenvalue weighted by Gasteiger charge is 2.31. The quantitative estimate of drug-likeness (QED) is 0.664. The lowest BCUT2D eigenvalue weighted by molar-refractivity contribution is -0.107. The number of piperazine rings is 1. The Morgan fingerprint density at radius 3 is 2.81 bits per heavy atom. The number of pyridine rings is 1. The summed E-state index contributed by atoms with van der Waals surface area (Å²) >= 11 is 1.58. The van der Waals surface area contributed by atoms with Crippen LogP contribution in [0.4, 0.5) is 11.5 Å². The molecule has 140 valence electrons. The smallest absolute Gasteiger partial charge is 0.215 e. The van der Waals surface area contributed by atoms with Gasteiger partial charge in [-0.1, -0.05) is 0 Å². The summed E-state index contributed by atoms with van der Waals surface area (Å²) in [4.78, 5) is 27.5. The molecule has 0 spiro atoms. The Morgan fingerprint density at radius 2 is 2.11 bits per heavy atom. The fourth-order valence-corrected chi connectivity index (χ4v) is 4.39. The summed E-state index contributed by atoms with van der Waals surface area (Å²) < 4.78 is 4.19. The predicted octanol–water partition coefficient (Wildman–Crippen LogP) is 2.47. The molecule has 27 heavy (non-hydrogen) atoms. The van der Waals surface area contributed by atoms with E-state index in [1.807, 2.05) is 12.4 Å². The number of amides is 1. The van der Waals surface area contributed by atoms with Crippen molar-refractivity contribution >= 4 is 40.5 Å². The van der Waals surface area contributed by atoms with Crippen molar-refractivity contribution < 1.29 is 4.79 Å². The largest absolute Gasteiger partial charge is 0.368 e. The molecule has 1 N–H and O–H groups in total. The molecular formula is C19H22N6OS. The van der Waals surface area contributed by atoms with Crippen molar-refractivity contribution in [2.75, 3.05) is 36.0 Å². The average Bonchev–Trinajstić information content (AvgIpc) is 3.18. The van der Waals surface area contributed by atoms with Gasteiger partial charge in [-0.25, -0.2) is 9.36 Å². The molecule has 0 bridgehead atoms. The number of nitrogens with one attached hydrogen (secondary N) is 1. The number of anilines is 2. The fourth-order valence-electron chi connectivity index (χ4n) is 3.77. The summed E-state index contributed by atoms with van der Waals surface area (Å²) in [7, 11) is 0. The highest BCUT2D eigenvalue weighted by Crippen LogP contribution is 2.34. The van der Waals surface area contributed by atoms with Gasteiger partial charge in [0.25, 0.3) is 0 Å². The molecule has 1 aliphatic heterocycles. The van der Waals surface area contributed by atoms with Crippen LogP contribution in [-0.2, 0) is 11.3 Å². The Labute approximate surface area is 161 Å². The van der Waals surface area contributed by atoms with Crippen LogP contribution in [0.5, 0.6) is 0 Å². The maximum atomic E-state index is 11.6. The minimum atomic E-state index is 0.312. The van der Waals surface area contributed by atoms with Crippen LogP contribution >= 0.6 is 11.5 Å². The van der Waals surface area contributed by atoms with E-state index in [0.29, 0.717) is 6.04 Å². The Kier molecular flexibility index (Phi) is 4.29. The topological polar surface area (TPSA) is 68.4 Å². The molecule has 2 fully saturated rings. The predicted molar refractivity (Wildman–Crippen MR) is 107 cm³/mol. The van der Waals surface area contributed by atoms with Crippen LogP contribution in [0.1, 0.15) is 17.7 Å². The summed E-state index contributed by atoms with van der Waals surface area (Å²) in [5, 5.41) is 1.12. The van der Waals surface area contributed by atoms with Crippen LogP contribution in [0.2, 0.25) is 0 Å². The van der Waals surface area contributed by atoms with Crippen molar-refractivity contribution in [3.8, 4) is 0 Å². The highest BCUT2D eigenvalue weighted by molar-refractivity contribution is 7.05. The summed E-state index contributed by atoms with van der Waals surface area (Å²) in [6.07, 6.45) is 6.85. The van der Waals surface area contributed by atoms with Gasteiger partial charge in [0.1, 0.15) is 11.5 Å². The molecule has 3 aromatic rings. The number of aromatic nitrogens is 3. The lowest BCUT2D eigenvalue weighted by atomic mass is 10.2.